The van der Waals surface area contributed by atoms with E-state index in [4.69, 9.17) is 10.5 Å². The lowest BCUT2D eigenvalue weighted by Gasteiger charge is -2.34. The highest BCUT2D eigenvalue weighted by Crippen LogP contribution is 2.42. The minimum Gasteiger partial charge on any atom is -0.477 e. The molecule has 0 aliphatic carbocycles. The molecule has 17 heavy (non-hydrogen) atoms. The molecule has 0 radical (unpaired) electrons. The summed E-state index contributed by atoms with van der Waals surface area (Å²) in [7, 11) is 0. The Morgan fingerprint density at radius 3 is 3.00 bits per heavy atom. The Kier molecular flexibility index (Phi) is 3.37. The number of carboxylic acids is 1. The summed E-state index contributed by atoms with van der Waals surface area (Å²) in [5, 5.41) is 18.6. The van der Waals surface area contributed by atoms with Gasteiger partial charge in [-0.1, -0.05) is 0 Å². The molecule has 0 aromatic carbocycles. The second-order valence-corrected chi connectivity index (χ2v) is 5.04. The van der Waals surface area contributed by atoms with Crippen molar-refractivity contribution in [1.29, 1.82) is 5.41 Å². The van der Waals surface area contributed by atoms with Crippen LogP contribution in [0.3, 0.4) is 0 Å². The normalized spacial score (nSPS) is 22.2. The highest BCUT2D eigenvalue weighted by molar-refractivity contribution is 8.03. The molecule has 0 bridgehead atoms. The number of nitrogens with one attached hydrogen (secondary N) is 2. The van der Waals surface area contributed by atoms with E-state index in [1.54, 1.807) is 0 Å². The van der Waals surface area contributed by atoms with Crippen LogP contribution in [-0.2, 0) is 9.59 Å². The van der Waals surface area contributed by atoms with Crippen molar-refractivity contribution in [2.45, 2.75) is 18.9 Å². The number of carbonyl (C=O) groups excluding carboxylic acids is 1. The molecule has 1 atom stereocenters. The van der Waals surface area contributed by atoms with Gasteiger partial charge in [-0.2, -0.15) is 0 Å². The minimum atomic E-state index is -1.02. The van der Waals surface area contributed by atoms with Gasteiger partial charge in [0, 0.05) is 30.0 Å². The molecule has 2 heterocycles. The van der Waals surface area contributed by atoms with Gasteiger partial charge in [-0.3, -0.25) is 10.2 Å². The summed E-state index contributed by atoms with van der Waals surface area (Å²) in [6.45, 7) is 0.614. The van der Waals surface area contributed by atoms with Crippen molar-refractivity contribution in [1.82, 2.24) is 10.2 Å². The molecule has 6 nitrogen and oxygen atoms in total. The van der Waals surface area contributed by atoms with Crippen molar-refractivity contribution in [3.8, 4) is 0 Å². The standard InChI is InChI=1S/C10H13N3O3S/c11-5-12-1-2-17-7-3-6-4-8(14)13(6)9(7)10(15)16/h5-6H,1-4H2,(H2,11,12)(H,15,16). The summed E-state index contributed by atoms with van der Waals surface area (Å²) in [6, 6.07) is 0.0618. The molecule has 0 saturated carbocycles. The predicted octanol–water partition coefficient (Wildman–Crippen LogP) is 0.217. The van der Waals surface area contributed by atoms with Gasteiger partial charge in [0.2, 0.25) is 5.91 Å². The van der Waals surface area contributed by atoms with E-state index in [0.29, 0.717) is 25.1 Å². The number of fused-ring (bicyclic) bond motifs is 1. The van der Waals surface area contributed by atoms with Crippen LogP contribution in [0.25, 0.3) is 0 Å². The summed E-state index contributed by atoms with van der Waals surface area (Å²) in [5.41, 5.74) is 0.158. The summed E-state index contributed by atoms with van der Waals surface area (Å²) < 4.78 is 0. The maximum absolute atomic E-state index is 11.3. The Labute approximate surface area is 103 Å². The topological polar surface area (TPSA) is 93.5 Å². The van der Waals surface area contributed by atoms with E-state index in [0.717, 1.165) is 11.2 Å². The van der Waals surface area contributed by atoms with Gasteiger partial charge in [-0.25, -0.2) is 4.79 Å². The number of β-lactam (4-membered cyclic amide) rings is 1. The first-order valence-corrected chi connectivity index (χ1v) is 6.27. The maximum Gasteiger partial charge on any atom is 0.353 e. The quantitative estimate of drug-likeness (QED) is 0.273. The van der Waals surface area contributed by atoms with Crippen molar-refractivity contribution >= 4 is 30.0 Å². The number of aliphatic carboxylic acids is 1. The lowest BCUT2D eigenvalue weighted by Crippen LogP contribution is -2.49. The molecule has 1 unspecified atom stereocenters. The van der Waals surface area contributed by atoms with E-state index in [9.17, 15) is 9.59 Å². The van der Waals surface area contributed by atoms with Crippen LogP contribution in [0, 0.1) is 5.41 Å². The van der Waals surface area contributed by atoms with Crippen molar-refractivity contribution in [3.05, 3.63) is 10.6 Å². The second-order valence-electron chi connectivity index (χ2n) is 3.85. The van der Waals surface area contributed by atoms with Crippen molar-refractivity contribution < 1.29 is 14.7 Å². The lowest BCUT2D eigenvalue weighted by atomic mass is 10.0. The zero-order valence-electron chi connectivity index (χ0n) is 9.10. The zero-order valence-corrected chi connectivity index (χ0v) is 9.92. The van der Waals surface area contributed by atoms with Gasteiger partial charge in [-0.15, -0.1) is 11.8 Å². The third kappa shape index (κ3) is 2.14. The Morgan fingerprint density at radius 1 is 1.65 bits per heavy atom. The Hall–Kier alpha value is -1.50. The third-order valence-corrected chi connectivity index (χ3v) is 3.91. The number of nitrogens with zero attached hydrogens (tertiary/aromatic N) is 1. The fourth-order valence-corrected chi connectivity index (χ4v) is 3.15. The number of carbonyl (C=O) groups is 2. The van der Waals surface area contributed by atoms with Gasteiger partial charge >= 0.3 is 5.97 Å². The zero-order chi connectivity index (χ0) is 12.4. The largest absolute Gasteiger partial charge is 0.477 e. The van der Waals surface area contributed by atoms with E-state index < -0.39 is 5.97 Å². The van der Waals surface area contributed by atoms with E-state index >= 15 is 0 Å². The molecular formula is C10H13N3O3S. The molecule has 2 aliphatic heterocycles. The summed E-state index contributed by atoms with van der Waals surface area (Å²) in [5.74, 6) is -0.431. The Morgan fingerprint density at radius 2 is 2.41 bits per heavy atom. The number of hydrogen-bond donors (Lipinski definition) is 3. The van der Waals surface area contributed by atoms with Crippen LogP contribution < -0.4 is 5.32 Å². The molecule has 1 saturated heterocycles. The minimum absolute atomic E-state index is 0.0618. The van der Waals surface area contributed by atoms with Crippen LogP contribution in [0.4, 0.5) is 0 Å². The van der Waals surface area contributed by atoms with Crippen molar-refractivity contribution in [2.24, 2.45) is 0 Å². The van der Waals surface area contributed by atoms with Gasteiger partial charge in [0.15, 0.2) is 0 Å². The van der Waals surface area contributed by atoms with Crippen molar-refractivity contribution in [3.63, 3.8) is 0 Å². The predicted molar refractivity (Wildman–Crippen MR) is 63.8 cm³/mol. The first-order valence-electron chi connectivity index (χ1n) is 5.28. The molecule has 0 aromatic heterocycles. The van der Waals surface area contributed by atoms with Crippen LogP contribution >= 0.6 is 11.8 Å². The highest BCUT2D eigenvalue weighted by atomic mass is 32.2. The first-order chi connectivity index (χ1) is 8.15. The van der Waals surface area contributed by atoms with Gasteiger partial charge in [0.05, 0.1) is 12.4 Å². The van der Waals surface area contributed by atoms with E-state index in [-0.39, 0.29) is 17.6 Å². The fourth-order valence-electron chi connectivity index (χ4n) is 2.05. The van der Waals surface area contributed by atoms with Gasteiger partial charge in [0.25, 0.3) is 0 Å². The smallest absolute Gasteiger partial charge is 0.353 e. The summed E-state index contributed by atoms with van der Waals surface area (Å²) in [4.78, 5) is 24.6. The average molecular weight is 255 g/mol. The molecule has 1 amide bonds. The molecule has 2 aliphatic rings. The van der Waals surface area contributed by atoms with E-state index in [1.165, 1.54) is 16.7 Å². The first kappa shape index (κ1) is 12.0. The van der Waals surface area contributed by atoms with Gasteiger partial charge in [0.1, 0.15) is 5.70 Å². The molecule has 92 valence electrons. The molecular weight excluding hydrogens is 242 g/mol. The number of thioether (sulfide) groups is 1. The average Bonchev–Trinajstić information content (AvgIpc) is 2.57. The van der Waals surface area contributed by atoms with Gasteiger partial charge < -0.3 is 15.3 Å². The Balaban J connectivity index is 2.02. The number of hydrogen-bond acceptors (Lipinski definition) is 4. The summed E-state index contributed by atoms with van der Waals surface area (Å²) >= 11 is 1.45. The van der Waals surface area contributed by atoms with Crippen LogP contribution in [0.1, 0.15) is 12.8 Å². The van der Waals surface area contributed by atoms with Crippen LogP contribution in [0.5, 0.6) is 0 Å². The Bertz CT molecular complexity index is 408. The highest BCUT2D eigenvalue weighted by Gasteiger charge is 2.47. The molecule has 7 heteroatoms. The SMILES string of the molecule is N=CNCCSC1=C(C(=O)O)N2C(=O)CC2C1. The van der Waals surface area contributed by atoms with Crippen LogP contribution in [0.15, 0.2) is 10.6 Å². The van der Waals surface area contributed by atoms with Crippen LogP contribution in [0.2, 0.25) is 0 Å². The van der Waals surface area contributed by atoms with E-state index in [1.807, 2.05) is 0 Å². The lowest BCUT2D eigenvalue weighted by molar-refractivity contribution is -0.147. The maximum atomic E-state index is 11.3. The number of amides is 1. The number of rotatable bonds is 6. The summed E-state index contributed by atoms with van der Waals surface area (Å²) in [6.07, 6.45) is 2.22. The molecule has 2 rings (SSSR count). The number of carboxylic acid groups (broad SMARTS) is 1. The molecule has 1 fully saturated rings. The fraction of sp³-hybridized carbons (Fsp3) is 0.500. The third-order valence-electron chi connectivity index (χ3n) is 2.80. The molecule has 3 N–H and O–H groups in total. The monoisotopic (exact) mass is 255 g/mol. The molecule has 0 spiro atoms. The molecule has 0 aromatic rings. The van der Waals surface area contributed by atoms with Crippen LogP contribution in [-0.4, -0.2) is 46.6 Å². The van der Waals surface area contributed by atoms with Crippen molar-refractivity contribution in [2.75, 3.05) is 12.3 Å². The second kappa shape index (κ2) is 4.79. The van der Waals surface area contributed by atoms with Gasteiger partial charge in [-0.05, 0) is 0 Å². The van der Waals surface area contributed by atoms with E-state index in [2.05, 4.69) is 5.32 Å².